The molecule has 4 nitrogen and oxygen atoms in total. The van der Waals surface area contributed by atoms with Gasteiger partial charge in [-0.1, -0.05) is 82.2 Å². The SMILES string of the molecule is CCCCCCOc1cc(-c2ccc(-c3ccc(C)cc3)[nH]2)c(OCCCCCC)cc1-c1ccc[nH]1. The Balaban J connectivity index is 1.67. The molecule has 0 aliphatic rings. The summed E-state index contributed by atoms with van der Waals surface area (Å²) in [5, 5.41) is 0. The quantitative estimate of drug-likeness (QED) is 0.160. The van der Waals surface area contributed by atoms with Gasteiger partial charge in [0.1, 0.15) is 11.5 Å². The molecule has 0 radical (unpaired) electrons. The van der Waals surface area contributed by atoms with Crippen LogP contribution in [-0.4, -0.2) is 23.2 Å². The number of aryl methyl sites for hydroxylation is 1. The maximum absolute atomic E-state index is 6.43. The van der Waals surface area contributed by atoms with Crippen LogP contribution in [0.5, 0.6) is 11.5 Å². The van der Waals surface area contributed by atoms with Crippen LogP contribution in [0, 0.1) is 6.92 Å². The Hall–Kier alpha value is -3.40. The van der Waals surface area contributed by atoms with Crippen LogP contribution in [0.2, 0.25) is 0 Å². The van der Waals surface area contributed by atoms with Crippen molar-refractivity contribution in [1.82, 2.24) is 9.97 Å². The summed E-state index contributed by atoms with van der Waals surface area (Å²) in [6, 6.07) is 21.3. The largest absolute Gasteiger partial charge is 0.493 e. The molecule has 2 heterocycles. The van der Waals surface area contributed by atoms with Crippen molar-refractivity contribution >= 4 is 0 Å². The van der Waals surface area contributed by atoms with Crippen molar-refractivity contribution in [2.75, 3.05) is 13.2 Å². The van der Waals surface area contributed by atoms with Crippen LogP contribution in [0.3, 0.4) is 0 Å². The van der Waals surface area contributed by atoms with E-state index < -0.39 is 0 Å². The highest BCUT2D eigenvalue weighted by Gasteiger charge is 2.17. The Bertz CT molecular complexity index is 1210. The van der Waals surface area contributed by atoms with Gasteiger partial charge >= 0.3 is 0 Å². The van der Waals surface area contributed by atoms with E-state index in [1.54, 1.807) is 0 Å². The van der Waals surface area contributed by atoms with Crippen LogP contribution in [0.15, 0.2) is 66.9 Å². The Kier molecular flexibility index (Phi) is 9.93. The van der Waals surface area contributed by atoms with Gasteiger partial charge in [0, 0.05) is 34.4 Å². The third-order valence-electron chi connectivity index (χ3n) is 6.82. The number of aromatic amines is 2. The summed E-state index contributed by atoms with van der Waals surface area (Å²) in [6.45, 7) is 8.01. The number of benzene rings is 2. The Labute approximate surface area is 222 Å². The number of unbranched alkanes of at least 4 members (excludes halogenated alkanes) is 6. The lowest BCUT2D eigenvalue weighted by atomic mass is 10.0. The molecule has 0 amide bonds. The minimum absolute atomic E-state index is 0.708. The van der Waals surface area contributed by atoms with Crippen LogP contribution in [-0.2, 0) is 0 Å². The number of ether oxygens (including phenoxy) is 2. The fraction of sp³-hybridized carbons (Fsp3) is 0.394. The lowest BCUT2D eigenvalue weighted by Crippen LogP contribution is -2.03. The summed E-state index contributed by atoms with van der Waals surface area (Å²) < 4.78 is 12.8. The summed E-state index contributed by atoms with van der Waals surface area (Å²) in [5.41, 5.74) is 7.68. The normalized spacial score (nSPS) is 11.1. The molecule has 0 saturated heterocycles. The van der Waals surface area contributed by atoms with Gasteiger partial charge in [0.15, 0.2) is 0 Å². The zero-order chi connectivity index (χ0) is 25.9. The van der Waals surface area contributed by atoms with E-state index in [2.05, 4.69) is 85.3 Å². The second-order valence-corrected chi connectivity index (χ2v) is 9.90. The van der Waals surface area contributed by atoms with Crippen LogP contribution >= 0.6 is 0 Å². The van der Waals surface area contributed by atoms with E-state index >= 15 is 0 Å². The second-order valence-electron chi connectivity index (χ2n) is 9.90. The molecule has 0 atom stereocenters. The molecule has 0 spiro atoms. The number of hydrogen-bond donors (Lipinski definition) is 2. The summed E-state index contributed by atoms with van der Waals surface area (Å²) in [5.74, 6) is 1.77. The van der Waals surface area contributed by atoms with Crippen LogP contribution in [0.4, 0.5) is 0 Å². The second kappa shape index (κ2) is 13.8. The molecule has 0 fully saturated rings. The molecule has 4 heteroatoms. The highest BCUT2D eigenvalue weighted by Crippen LogP contribution is 2.41. The number of nitrogens with one attached hydrogen (secondary N) is 2. The Morgan fingerprint density at radius 2 is 1.22 bits per heavy atom. The van der Waals surface area contributed by atoms with Crippen molar-refractivity contribution in [2.24, 2.45) is 0 Å². The van der Waals surface area contributed by atoms with Gasteiger partial charge in [0.25, 0.3) is 0 Å². The Morgan fingerprint density at radius 1 is 0.622 bits per heavy atom. The zero-order valence-corrected chi connectivity index (χ0v) is 22.7. The third kappa shape index (κ3) is 7.31. The van der Waals surface area contributed by atoms with E-state index in [1.165, 1.54) is 49.7 Å². The maximum atomic E-state index is 6.43. The van der Waals surface area contributed by atoms with Gasteiger partial charge in [-0.25, -0.2) is 0 Å². The topological polar surface area (TPSA) is 50.0 Å². The van der Waals surface area contributed by atoms with Gasteiger partial charge in [-0.2, -0.15) is 0 Å². The molecule has 2 aromatic carbocycles. The van der Waals surface area contributed by atoms with Gasteiger partial charge in [0.2, 0.25) is 0 Å². The molecular weight excluding hydrogens is 456 g/mol. The molecule has 0 aliphatic carbocycles. The minimum Gasteiger partial charge on any atom is -0.493 e. The highest BCUT2D eigenvalue weighted by molar-refractivity contribution is 5.80. The summed E-state index contributed by atoms with van der Waals surface area (Å²) in [6.07, 6.45) is 11.4. The predicted molar refractivity (Wildman–Crippen MR) is 155 cm³/mol. The van der Waals surface area contributed by atoms with Crippen molar-refractivity contribution in [1.29, 1.82) is 0 Å². The molecule has 2 N–H and O–H groups in total. The lowest BCUT2D eigenvalue weighted by molar-refractivity contribution is 0.299. The van der Waals surface area contributed by atoms with Gasteiger partial charge < -0.3 is 19.4 Å². The van der Waals surface area contributed by atoms with Crippen LogP contribution < -0.4 is 9.47 Å². The fourth-order valence-corrected chi connectivity index (χ4v) is 4.59. The highest BCUT2D eigenvalue weighted by atomic mass is 16.5. The number of aromatic nitrogens is 2. The predicted octanol–water partition coefficient (Wildman–Crippen LogP) is 9.57. The van der Waals surface area contributed by atoms with E-state index in [1.807, 2.05) is 12.3 Å². The van der Waals surface area contributed by atoms with Gasteiger partial charge in [0.05, 0.1) is 13.2 Å². The van der Waals surface area contributed by atoms with E-state index in [0.717, 1.165) is 52.5 Å². The summed E-state index contributed by atoms with van der Waals surface area (Å²) >= 11 is 0. The molecule has 0 aliphatic heterocycles. The molecule has 2 aromatic heterocycles. The minimum atomic E-state index is 0.708. The molecule has 37 heavy (non-hydrogen) atoms. The summed E-state index contributed by atoms with van der Waals surface area (Å²) in [4.78, 5) is 7.00. The average molecular weight is 499 g/mol. The fourth-order valence-electron chi connectivity index (χ4n) is 4.59. The smallest absolute Gasteiger partial charge is 0.129 e. The zero-order valence-electron chi connectivity index (χ0n) is 22.7. The maximum Gasteiger partial charge on any atom is 0.129 e. The Morgan fingerprint density at radius 3 is 1.78 bits per heavy atom. The first-order valence-electron chi connectivity index (χ1n) is 14.0. The number of hydrogen-bond acceptors (Lipinski definition) is 2. The van der Waals surface area contributed by atoms with Crippen molar-refractivity contribution < 1.29 is 9.47 Å². The molecule has 4 rings (SSSR count). The summed E-state index contributed by atoms with van der Waals surface area (Å²) in [7, 11) is 0. The number of H-pyrrole nitrogens is 2. The van der Waals surface area contributed by atoms with Crippen LogP contribution in [0.25, 0.3) is 33.8 Å². The van der Waals surface area contributed by atoms with E-state index in [4.69, 9.17) is 9.47 Å². The molecule has 0 saturated carbocycles. The van der Waals surface area contributed by atoms with Crippen molar-refractivity contribution in [3.8, 4) is 45.3 Å². The van der Waals surface area contributed by atoms with E-state index in [0.29, 0.717) is 13.2 Å². The van der Waals surface area contributed by atoms with Gasteiger partial charge in [-0.15, -0.1) is 0 Å². The van der Waals surface area contributed by atoms with Crippen molar-refractivity contribution in [2.45, 2.75) is 72.1 Å². The molecule has 4 aromatic rings. The first kappa shape index (κ1) is 26.7. The van der Waals surface area contributed by atoms with Crippen molar-refractivity contribution in [3.05, 3.63) is 72.4 Å². The average Bonchev–Trinajstić information content (AvgIpc) is 3.62. The van der Waals surface area contributed by atoms with Crippen molar-refractivity contribution in [3.63, 3.8) is 0 Å². The first-order chi connectivity index (χ1) is 18.2. The molecular formula is C33H42N2O2. The van der Waals surface area contributed by atoms with Gasteiger partial charge in [-0.3, -0.25) is 0 Å². The van der Waals surface area contributed by atoms with Crippen LogP contribution in [0.1, 0.15) is 70.8 Å². The lowest BCUT2D eigenvalue weighted by Gasteiger charge is -2.17. The number of rotatable bonds is 15. The molecule has 196 valence electrons. The van der Waals surface area contributed by atoms with E-state index in [-0.39, 0.29) is 0 Å². The van der Waals surface area contributed by atoms with E-state index in [9.17, 15) is 0 Å². The molecule has 0 bridgehead atoms. The third-order valence-corrected chi connectivity index (χ3v) is 6.82. The monoisotopic (exact) mass is 498 g/mol. The standard InChI is InChI=1S/C33H42N2O2/c1-4-6-8-10-21-36-32-24-28(31-19-18-29(35-31)26-16-14-25(3)15-17-26)33(37-22-11-9-7-5-2)23-27(32)30-13-12-20-34-30/h12-20,23-24,34-35H,4-11,21-22H2,1-3H3. The first-order valence-corrected chi connectivity index (χ1v) is 14.0. The molecule has 0 unspecified atom stereocenters. The van der Waals surface area contributed by atoms with Gasteiger partial charge in [-0.05, 0) is 61.7 Å².